The number of rotatable bonds is 6. The van der Waals surface area contributed by atoms with Crippen molar-refractivity contribution in [3.05, 3.63) is 71.4 Å². The summed E-state index contributed by atoms with van der Waals surface area (Å²) in [6.45, 7) is 4.35. The van der Waals surface area contributed by atoms with Gasteiger partial charge < -0.3 is 20.5 Å². The van der Waals surface area contributed by atoms with Gasteiger partial charge in [-0.15, -0.1) is 0 Å². The molecule has 5 rings (SSSR count). The Labute approximate surface area is 195 Å². The lowest BCUT2D eigenvalue weighted by Gasteiger charge is -2.14. The number of aromatic nitrogens is 5. The minimum Gasteiger partial charge on any atom is -0.383 e. The monoisotopic (exact) mass is 460 g/mol. The molecule has 0 aliphatic carbocycles. The second-order valence-electron chi connectivity index (χ2n) is 8.43. The Morgan fingerprint density at radius 1 is 1.18 bits per heavy atom. The van der Waals surface area contributed by atoms with Gasteiger partial charge in [-0.1, -0.05) is 0 Å². The van der Waals surface area contributed by atoms with E-state index in [2.05, 4.69) is 30.2 Å². The number of nitrogens with one attached hydrogen (secondary N) is 1. The lowest BCUT2D eigenvalue weighted by Crippen LogP contribution is -2.23. The van der Waals surface area contributed by atoms with E-state index < -0.39 is 5.82 Å². The van der Waals surface area contributed by atoms with Gasteiger partial charge in [0, 0.05) is 60.9 Å². The molecule has 0 spiro atoms. The van der Waals surface area contributed by atoms with Crippen LogP contribution in [0, 0.1) is 12.7 Å². The first-order chi connectivity index (χ1) is 16.5. The summed E-state index contributed by atoms with van der Waals surface area (Å²) in [5.74, 6) is 0.879. The Bertz CT molecular complexity index is 1350. The largest absolute Gasteiger partial charge is 0.383 e. The predicted octanol–water partition coefficient (Wildman–Crippen LogP) is 2.83. The molecule has 0 unspecified atom stereocenters. The molecule has 34 heavy (non-hydrogen) atoms. The number of carbonyl (C=O) groups is 1. The summed E-state index contributed by atoms with van der Waals surface area (Å²) in [7, 11) is 0. The van der Waals surface area contributed by atoms with Gasteiger partial charge in [0.05, 0.1) is 6.54 Å². The van der Waals surface area contributed by atoms with Gasteiger partial charge in [0.2, 0.25) is 5.95 Å². The molecule has 4 heterocycles. The van der Waals surface area contributed by atoms with Crippen molar-refractivity contribution in [1.82, 2.24) is 29.8 Å². The van der Waals surface area contributed by atoms with Crippen molar-refractivity contribution in [3.8, 4) is 0 Å². The average molecular weight is 461 g/mol. The summed E-state index contributed by atoms with van der Waals surface area (Å²) >= 11 is 0. The fourth-order valence-electron chi connectivity index (χ4n) is 4.15. The van der Waals surface area contributed by atoms with Crippen LogP contribution in [0.4, 0.5) is 16.2 Å². The van der Waals surface area contributed by atoms with Crippen LogP contribution < -0.4 is 16.0 Å². The number of hydrogen-bond acceptors (Lipinski definition) is 7. The molecule has 174 valence electrons. The molecular weight excluding hydrogens is 435 g/mol. The highest BCUT2D eigenvalue weighted by Crippen LogP contribution is 2.23. The smallest absolute Gasteiger partial charge is 0.271 e. The molecule has 1 fully saturated rings. The highest BCUT2D eigenvalue weighted by Gasteiger charge is 2.16. The number of imidazole rings is 1. The Kier molecular flexibility index (Phi) is 5.79. The Morgan fingerprint density at radius 2 is 1.94 bits per heavy atom. The average Bonchev–Trinajstić information content (AvgIpc) is 3.49. The lowest BCUT2D eigenvalue weighted by atomic mass is 10.1. The number of nitrogens with zero attached hydrogens (tertiary/aromatic N) is 6. The van der Waals surface area contributed by atoms with Gasteiger partial charge in [0.15, 0.2) is 0 Å². The minimum atomic E-state index is -0.452. The number of carbonyl (C=O) groups excluding carboxylic acids is 1. The molecule has 0 radical (unpaired) electrons. The number of fused-ring (bicyclic) bond motifs is 1. The molecule has 3 N–H and O–H groups in total. The van der Waals surface area contributed by atoms with Crippen LogP contribution in [0.2, 0.25) is 0 Å². The van der Waals surface area contributed by atoms with Crippen molar-refractivity contribution in [2.45, 2.75) is 32.9 Å². The predicted molar refractivity (Wildman–Crippen MR) is 127 cm³/mol. The van der Waals surface area contributed by atoms with E-state index in [1.54, 1.807) is 24.5 Å². The topological polar surface area (TPSA) is 115 Å². The highest BCUT2D eigenvalue weighted by atomic mass is 19.1. The standard InChI is InChI=1S/C24H25FN8O/c1-15-31-21(14-33(15)13-16-10-29-24(30-11-16)32-6-2-3-7-32)23(34)28-12-18-8-17-4-5-27-22(26)19(17)9-20(18)25/h4-5,8-11,14H,2-3,6-7,12-13H2,1H3,(H2,26,27)(H,28,34). The number of halogens is 1. The molecule has 0 bridgehead atoms. The second kappa shape index (κ2) is 9.05. The maximum absolute atomic E-state index is 14.5. The van der Waals surface area contributed by atoms with E-state index in [1.165, 1.54) is 18.9 Å². The van der Waals surface area contributed by atoms with Crippen LogP contribution in [0.3, 0.4) is 0 Å². The molecule has 1 saturated heterocycles. The number of hydrogen-bond donors (Lipinski definition) is 2. The summed E-state index contributed by atoms with van der Waals surface area (Å²) in [4.78, 5) is 32.2. The van der Waals surface area contributed by atoms with E-state index in [-0.39, 0.29) is 24.0 Å². The molecule has 0 atom stereocenters. The van der Waals surface area contributed by atoms with Crippen LogP contribution in [0.5, 0.6) is 0 Å². The van der Waals surface area contributed by atoms with E-state index in [9.17, 15) is 9.18 Å². The van der Waals surface area contributed by atoms with Gasteiger partial charge >= 0.3 is 0 Å². The van der Waals surface area contributed by atoms with Crippen molar-refractivity contribution in [3.63, 3.8) is 0 Å². The van der Waals surface area contributed by atoms with E-state index in [1.807, 2.05) is 23.9 Å². The minimum absolute atomic E-state index is 0.0283. The lowest BCUT2D eigenvalue weighted by molar-refractivity contribution is 0.0946. The molecular formula is C24H25FN8O. The van der Waals surface area contributed by atoms with Crippen molar-refractivity contribution >= 4 is 28.4 Å². The molecule has 1 aliphatic heterocycles. The summed E-state index contributed by atoms with van der Waals surface area (Å²) < 4.78 is 16.4. The number of anilines is 2. The van der Waals surface area contributed by atoms with Gasteiger partial charge in [-0.05, 0) is 43.4 Å². The number of pyridine rings is 1. The van der Waals surface area contributed by atoms with Crippen molar-refractivity contribution in [2.24, 2.45) is 0 Å². The maximum Gasteiger partial charge on any atom is 0.271 e. The zero-order chi connectivity index (χ0) is 23.7. The third kappa shape index (κ3) is 4.39. The number of amides is 1. The first-order valence-corrected chi connectivity index (χ1v) is 11.2. The van der Waals surface area contributed by atoms with Crippen LogP contribution in [0.25, 0.3) is 10.8 Å². The summed E-state index contributed by atoms with van der Waals surface area (Å²) in [6, 6.07) is 4.76. The van der Waals surface area contributed by atoms with Gasteiger partial charge in [-0.2, -0.15) is 0 Å². The van der Waals surface area contributed by atoms with Crippen molar-refractivity contribution < 1.29 is 9.18 Å². The maximum atomic E-state index is 14.5. The van der Waals surface area contributed by atoms with E-state index in [0.29, 0.717) is 23.3 Å². The molecule has 10 heteroatoms. The van der Waals surface area contributed by atoms with Crippen LogP contribution in [-0.4, -0.2) is 43.5 Å². The zero-order valence-corrected chi connectivity index (χ0v) is 18.8. The number of aryl methyl sites for hydroxylation is 1. The van der Waals surface area contributed by atoms with E-state index in [4.69, 9.17) is 5.73 Å². The van der Waals surface area contributed by atoms with Crippen molar-refractivity contribution in [1.29, 1.82) is 0 Å². The fourth-order valence-corrected chi connectivity index (χ4v) is 4.15. The van der Waals surface area contributed by atoms with E-state index in [0.717, 1.165) is 30.0 Å². The van der Waals surface area contributed by atoms with Crippen LogP contribution in [-0.2, 0) is 13.1 Å². The Morgan fingerprint density at radius 3 is 2.71 bits per heavy atom. The molecule has 3 aromatic heterocycles. The molecule has 1 aliphatic rings. The summed E-state index contributed by atoms with van der Waals surface area (Å²) in [5.41, 5.74) is 7.36. The quantitative estimate of drug-likeness (QED) is 0.455. The Balaban J connectivity index is 1.25. The van der Waals surface area contributed by atoms with Gasteiger partial charge in [0.25, 0.3) is 5.91 Å². The van der Waals surface area contributed by atoms with Gasteiger partial charge in [0.1, 0.15) is 23.2 Å². The van der Waals surface area contributed by atoms with E-state index >= 15 is 0 Å². The number of nitrogen functional groups attached to an aromatic ring is 1. The van der Waals surface area contributed by atoms with Crippen molar-refractivity contribution in [2.75, 3.05) is 23.7 Å². The number of nitrogens with two attached hydrogens (primary N) is 1. The molecule has 1 amide bonds. The molecule has 0 saturated carbocycles. The first-order valence-electron chi connectivity index (χ1n) is 11.2. The fraction of sp³-hybridized carbons (Fsp3) is 0.292. The van der Waals surface area contributed by atoms with Gasteiger partial charge in [-0.3, -0.25) is 4.79 Å². The number of benzene rings is 1. The second-order valence-corrected chi connectivity index (χ2v) is 8.43. The normalized spacial score (nSPS) is 13.5. The van der Waals surface area contributed by atoms with Crippen LogP contribution in [0.15, 0.2) is 43.0 Å². The third-order valence-electron chi connectivity index (χ3n) is 6.04. The SMILES string of the molecule is Cc1nc(C(=O)NCc2cc3ccnc(N)c3cc2F)cn1Cc1cnc(N2CCCC2)nc1. The van der Waals surface area contributed by atoms with Crippen LogP contribution >= 0.6 is 0 Å². The Hall–Kier alpha value is -4.08. The highest BCUT2D eigenvalue weighted by molar-refractivity contribution is 5.93. The molecule has 4 aromatic rings. The molecule has 1 aromatic carbocycles. The summed E-state index contributed by atoms with van der Waals surface area (Å²) in [6.07, 6.45) is 9.21. The van der Waals surface area contributed by atoms with Gasteiger partial charge in [-0.25, -0.2) is 24.3 Å². The zero-order valence-electron chi connectivity index (χ0n) is 18.8. The van der Waals surface area contributed by atoms with Crippen LogP contribution in [0.1, 0.15) is 40.3 Å². The molecule has 9 nitrogen and oxygen atoms in total. The third-order valence-corrected chi connectivity index (χ3v) is 6.04. The first kappa shape index (κ1) is 21.7. The summed E-state index contributed by atoms with van der Waals surface area (Å²) in [5, 5.41) is 4.05.